The molecule has 0 amide bonds. The van der Waals surface area contributed by atoms with E-state index in [9.17, 15) is 4.79 Å². The van der Waals surface area contributed by atoms with Crippen molar-refractivity contribution in [3.63, 3.8) is 0 Å². The number of carbonyl (C=O) groups is 1. The highest BCUT2D eigenvalue weighted by Crippen LogP contribution is 2.29. The van der Waals surface area contributed by atoms with Crippen LogP contribution in [0.1, 0.15) is 41.6 Å². The van der Waals surface area contributed by atoms with Crippen LogP contribution in [0.15, 0.2) is 41.0 Å². The van der Waals surface area contributed by atoms with E-state index in [2.05, 4.69) is 54.1 Å². The van der Waals surface area contributed by atoms with Gasteiger partial charge in [0.25, 0.3) is 0 Å². The Balaban J connectivity index is 1.65. The Morgan fingerprint density at radius 1 is 1.20 bits per heavy atom. The molecule has 0 saturated heterocycles. The molecule has 4 rings (SSSR count). The van der Waals surface area contributed by atoms with Gasteiger partial charge in [-0.25, -0.2) is 4.79 Å². The molecule has 0 bridgehead atoms. The average Bonchev–Trinajstić information content (AvgIpc) is 3.37. The zero-order chi connectivity index (χ0) is 21.3. The first-order valence-corrected chi connectivity index (χ1v) is 10.2. The first kappa shape index (κ1) is 20.2. The monoisotopic (exact) mass is 405 g/mol. The molecule has 1 aliphatic heterocycles. The Labute approximate surface area is 176 Å². The number of carbonyl (C=O) groups excluding carboxylic acids is 1. The normalized spacial score (nSPS) is 17.7. The summed E-state index contributed by atoms with van der Waals surface area (Å²) >= 11 is 0. The largest absolute Gasteiger partial charge is 0.464 e. The van der Waals surface area contributed by atoms with Gasteiger partial charge in [0.15, 0.2) is 0 Å². The summed E-state index contributed by atoms with van der Waals surface area (Å²) in [4.78, 5) is 23.5. The average molecular weight is 405 g/mol. The zero-order valence-electron chi connectivity index (χ0n) is 17.8. The van der Waals surface area contributed by atoms with Crippen molar-refractivity contribution in [1.29, 1.82) is 0 Å². The Morgan fingerprint density at radius 2 is 2.03 bits per heavy atom. The first-order valence-electron chi connectivity index (χ1n) is 10.2. The maximum atomic E-state index is 11.8. The van der Waals surface area contributed by atoms with E-state index in [1.807, 2.05) is 13.0 Å². The standard InChI is InChI=1S/C24H27N3O3/c1-5-29-24(28)13-30-23-12-21(20-10-17-8-14(2)6-7-18(17)26-20)27-22(23)11-19-15(3)9-16(4)25-19/h6-11,23,25-26H,5,12-13H2,1-4H3/b22-11-. The number of fused-ring (bicyclic) bond motifs is 1. The smallest absolute Gasteiger partial charge is 0.332 e. The first-order chi connectivity index (χ1) is 14.4. The number of ether oxygens (including phenoxy) is 2. The van der Waals surface area contributed by atoms with Gasteiger partial charge in [-0.1, -0.05) is 11.6 Å². The van der Waals surface area contributed by atoms with Gasteiger partial charge in [0, 0.05) is 28.7 Å². The molecule has 156 valence electrons. The highest BCUT2D eigenvalue weighted by molar-refractivity contribution is 6.05. The van der Waals surface area contributed by atoms with Crippen molar-refractivity contribution in [3.8, 4) is 0 Å². The number of hydrogen-bond donors (Lipinski definition) is 2. The number of aryl methyl sites for hydroxylation is 3. The number of aliphatic imine (C=N–C) groups is 1. The van der Waals surface area contributed by atoms with Crippen molar-refractivity contribution < 1.29 is 14.3 Å². The van der Waals surface area contributed by atoms with Gasteiger partial charge in [0.2, 0.25) is 0 Å². The fourth-order valence-electron chi connectivity index (χ4n) is 3.82. The lowest BCUT2D eigenvalue weighted by atomic mass is 10.1. The predicted molar refractivity (Wildman–Crippen MR) is 119 cm³/mol. The van der Waals surface area contributed by atoms with E-state index >= 15 is 0 Å². The van der Waals surface area contributed by atoms with Crippen molar-refractivity contribution in [2.45, 2.75) is 40.2 Å². The fourth-order valence-corrected chi connectivity index (χ4v) is 3.82. The number of rotatable bonds is 6. The fraction of sp³-hybridized carbons (Fsp3) is 0.333. The summed E-state index contributed by atoms with van der Waals surface area (Å²) in [6, 6.07) is 10.5. The van der Waals surface area contributed by atoms with Crippen LogP contribution in [0.4, 0.5) is 0 Å². The second-order valence-corrected chi connectivity index (χ2v) is 7.76. The van der Waals surface area contributed by atoms with Gasteiger partial charge >= 0.3 is 5.97 Å². The summed E-state index contributed by atoms with van der Waals surface area (Å²) in [6.45, 7) is 8.21. The van der Waals surface area contributed by atoms with Crippen LogP contribution in [-0.2, 0) is 14.3 Å². The van der Waals surface area contributed by atoms with Gasteiger partial charge in [0.05, 0.1) is 23.7 Å². The van der Waals surface area contributed by atoms with E-state index in [4.69, 9.17) is 14.5 Å². The third-order valence-electron chi connectivity index (χ3n) is 5.25. The molecular weight excluding hydrogens is 378 g/mol. The lowest BCUT2D eigenvalue weighted by molar-refractivity contribution is -0.149. The van der Waals surface area contributed by atoms with Crippen LogP contribution in [0.2, 0.25) is 0 Å². The summed E-state index contributed by atoms with van der Waals surface area (Å²) < 4.78 is 10.9. The molecule has 0 fully saturated rings. The van der Waals surface area contributed by atoms with E-state index in [1.165, 1.54) is 5.56 Å². The van der Waals surface area contributed by atoms with Gasteiger partial charge in [0.1, 0.15) is 12.7 Å². The molecule has 30 heavy (non-hydrogen) atoms. The minimum absolute atomic E-state index is 0.0900. The molecule has 0 saturated carbocycles. The highest BCUT2D eigenvalue weighted by Gasteiger charge is 2.28. The molecular formula is C24H27N3O3. The number of aromatic nitrogens is 2. The number of aromatic amines is 2. The molecule has 1 atom stereocenters. The predicted octanol–water partition coefficient (Wildman–Crippen LogP) is 4.60. The van der Waals surface area contributed by atoms with E-state index in [0.717, 1.165) is 45.0 Å². The summed E-state index contributed by atoms with van der Waals surface area (Å²) in [5.41, 5.74) is 8.24. The van der Waals surface area contributed by atoms with Crippen molar-refractivity contribution in [1.82, 2.24) is 9.97 Å². The van der Waals surface area contributed by atoms with Crippen LogP contribution < -0.4 is 0 Å². The number of nitrogens with one attached hydrogen (secondary N) is 2. The Bertz CT molecular complexity index is 1150. The molecule has 6 nitrogen and oxygen atoms in total. The minimum Gasteiger partial charge on any atom is -0.464 e. The van der Waals surface area contributed by atoms with Gasteiger partial charge in [-0.05, 0) is 63.6 Å². The van der Waals surface area contributed by atoms with Gasteiger partial charge in [-0.2, -0.15) is 0 Å². The second kappa shape index (κ2) is 8.32. The van der Waals surface area contributed by atoms with Gasteiger partial charge in [-0.3, -0.25) is 4.99 Å². The molecule has 3 heterocycles. The summed E-state index contributed by atoms with van der Waals surface area (Å²) in [6.07, 6.45) is 2.30. The van der Waals surface area contributed by atoms with Crippen LogP contribution in [0.5, 0.6) is 0 Å². The van der Waals surface area contributed by atoms with E-state index in [-0.39, 0.29) is 18.7 Å². The number of benzene rings is 1. The molecule has 1 aliphatic rings. The molecule has 1 aromatic carbocycles. The van der Waals surface area contributed by atoms with Crippen LogP contribution in [0, 0.1) is 20.8 Å². The SMILES string of the molecule is CCOC(=O)COC1CC(c2cc3cc(C)ccc3[nH]2)=N/C1=C\c1[nH]c(C)cc1C. The topological polar surface area (TPSA) is 79.5 Å². The van der Waals surface area contributed by atoms with Crippen LogP contribution in [0.25, 0.3) is 17.0 Å². The molecule has 2 aromatic heterocycles. The Morgan fingerprint density at radius 3 is 2.77 bits per heavy atom. The molecule has 2 N–H and O–H groups in total. The van der Waals surface area contributed by atoms with Gasteiger partial charge in [-0.15, -0.1) is 0 Å². The maximum absolute atomic E-state index is 11.8. The Hall–Kier alpha value is -3.12. The van der Waals surface area contributed by atoms with Crippen molar-refractivity contribution >= 4 is 28.7 Å². The van der Waals surface area contributed by atoms with Crippen molar-refractivity contribution in [3.05, 3.63) is 64.2 Å². The lowest BCUT2D eigenvalue weighted by Gasteiger charge is -2.12. The van der Waals surface area contributed by atoms with Crippen LogP contribution in [0.3, 0.4) is 0 Å². The Kier molecular flexibility index (Phi) is 5.59. The zero-order valence-corrected chi connectivity index (χ0v) is 17.8. The second-order valence-electron chi connectivity index (χ2n) is 7.76. The number of esters is 1. The molecule has 0 aliphatic carbocycles. The molecule has 6 heteroatoms. The summed E-state index contributed by atoms with van der Waals surface area (Å²) in [7, 11) is 0. The molecule has 0 spiro atoms. The van der Waals surface area contributed by atoms with Crippen molar-refractivity contribution in [2.24, 2.45) is 4.99 Å². The van der Waals surface area contributed by atoms with Gasteiger partial charge < -0.3 is 19.4 Å². The molecule has 3 aromatic rings. The lowest BCUT2D eigenvalue weighted by Crippen LogP contribution is -2.20. The van der Waals surface area contributed by atoms with E-state index in [0.29, 0.717) is 13.0 Å². The third kappa shape index (κ3) is 4.24. The van der Waals surface area contributed by atoms with Crippen LogP contribution in [-0.4, -0.2) is 41.0 Å². The molecule has 0 radical (unpaired) electrons. The number of hydrogen-bond acceptors (Lipinski definition) is 4. The number of H-pyrrole nitrogens is 2. The van der Waals surface area contributed by atoms with Crippen molar-refractivity contribution in [2.75, 3.05) is 13.2 Å². The van der Waals surface area contributed by atoms with E-state index < -0.39 is 0 Å². The highest BCUT2D eigenvalue weighted by atomic mass is 16.6. The summed E-state index contributed by atoms with van der Waals surface area (Å²) in [5.74, 6) is -0.363. The summed E-state index contributed by atoms with van der Waals surface area (Å²) in [5, 5.41) is 1.16. The third-order valence-corrected chi connectivity index (χ3v) is 5.25. The maximum Gasteiger partial charge on any atom is 0.332 e. The number of nitrogens with zero attached hydrogens (tertiary/aromatic N) is 1. The van der Waals surface area contributed by atoms with E-state index in [1.54, 1.807) is 6.92 Å². The minimum atomic E-state index is -0.363. The van der Waals surface area contributed by atoms with Crippen LogP contribution >= 0.6 is 0 Å². The molecule has 1 unspecified atom stereocenters. The quantitative estimate of drug-likeness (QED) is 0.588.